The van der Waals surface area contributed by atoms with Gasteiger partial charge in [-0.25, -0.2) is 4.90 Å². The molecule has 4 unspecified atom stereocenters. The van der Waals surface area contributed by atoms with Crippen LogP contribution in [0.4, 0.5) is 24.5 Å². The predicted octanol–water partition coefficient (Wildman–Crippen LogP) is 4.44. The number of nitrogens with one attached hydrogen (secondary N) is 1. The molecule has 6 nitrogen and oxygen atoms in total. The van der Waals surface area contributed by atoms with Gasteiger partial charge in [-0.15, -0.1) is 0 Å². The van der Waals surface area contributed by atoms with Crippen LogP contribution in [0.3, 0.4) is 0 Å². The third kappa shape index (κ3) is 2.66. The minimum absolute atomic E-state index is 0.0823. The van der Waals surface area contributed by atoms with E-state index < -0.39 is 52.9 Å². The van der Waals surface area contributed by atoms with E-state index >= 15 is 0 Å². The van der Waals surface area contributed by atoms with Gasteiger partial charge >= 0.3 is 6.18 Å². The molecule has 3 fully saturated rings. The number of halogens is 5. The molecule has 0 saturated carbocycles. The van der Waals surface area contributed by atoms with E-state index in [1.54, 1.807) is 4.90 Å². The molecule has 4 heterocycles. The van der Waals surface area contributed by atoms with Crippen molar-refractivity contribution >= 4 is 52.3 Å². The van der Waals surface area contributed by atoms with Crippen molar-refractivity contribution in [2.75, 3.05) is 16.8 Å². The van der Waals surface area contributed by atoms with Crippen molar-refractivity contribution in [3.63, 3.8) is 0 Å². The highest BCUT2D eigenvalue weighted by Crippen LogP contribution is 2.61. The lowest BCUT2D eigenvalue weighted by Gasteiger charge is -2.36. The van der Waals surface area contributed by atoms with Crippen LogP contribution in [0.25, 0.3) is 0 Å². The lowest BCUT2D eigenvalue weighted by Crippen LogP contribution is -2.54. The number of alkyl halides is 3. The Balaban J connectivity index is 1.56. The number of imide groups is 1. The fourth-order valence-corrected chi connectivity index (χ4v) is 6.82. The summed E-state index contributed by atoms with van der Waals surface area (Å²) < 4.78 is 40.8. The Morgan fingerprint density at radius 2 is 1.71 bits per heavy atom. The number of carbonyl (C=O) groups excluding carboxylic acids is 3. The highest BCUT2D eigenvalue weighted by atomic mass is 35.5. The van der Waals surface area contributed by atoms with E-state index in [2.05, 4.69) is 5.32 Å². The van der Waals surface area contributed by atoms with Gasteiger partial charge in [0.1, 0.15) is 5.54 Å². The zero-order valence-corrected chi connectivity index (χ0v) is 18.8. The molecule has 0 aliphatic carbocycles. The first-order valence-corrected chi connectivity index (χ1v) is 11.4. The number of rotatable bonds is 1. The molecule has 176 valence electrons. The number of anilines is 2. The Labute approximate surface area is 201 Å². The van der Waals surface area contributed by atoms with E-state index in [4.69, 9.17) is 23.2 Å². The molecule has 6 rings (SSSR count). The van der Waals surface area contributed by atoms with Crippen LogP contribution in [0.1, 0.15) is 24.0 Å². The van der Waals surface area contributed by atoms with Crippen LogP contribution < -0.4 is 10.2 Å². The summed E-state index contributed by atoms with van der Waals surface area (Å²) in [5.74, 6) is -3.79. The summed E-state index contributed by atoms with van der Waals surface area (Å²) in [4.78, 5) is 43.8. The first-order valence-electron chi connectivity index (χ1n) is 10.7. The van der Waals surface area contributed by atoms with Gasteiger partial charge in [0.15, 0.2) is 0 Å². The molecule has 0 aromatic heterocycles. The second kappa shape index (κ2) is 6.96. The van der Waals surface area contributed by atoms with Gasteiger partial charge in [-0.1, -0.05) is 23.2 Å². The number of fused-ring (bicyclic) bond motifs is 7. The Morgan fingerprint density at radius 3 is 2.38 bits per heavy atom. The van der Waals surface area contributed by atoms with Crippen molar-refractivity contribution in [2.24, 2.45) is 11.8 Å². The first-order chi connectivity index (χ1) is 16.0. The molecular formula is C23H16Cl2F3N3O3. The SMILES string of the molecule is O=C1C2C3CCCN3C3(C(=O)Nc4ccc(C(F)(F)F)cc43)C2C(=O)N1c1cc(Cl)cc(Cl)c1. The highest BCUT2D eigenvalue weighted by Gasteiger charge is 2.74. The molecule has 2 aromatic rings. The third-order valence-electron chi connectivity index (χ3n) is 7.43. The molecule has 3 saturated heterocycles. The topological polar surface area (TPSA) is 69.7 Å². The van der Waals surface area contributed by atoms with Crippen LogP contribution in [0.5, 0.6) is 0 Å². The maximum Gasteiger partial charge on any atom is 0.416 e. The third-order valence-corrected chi connectivity index (χ3v) is 7.86. The molecule has 1 spiro atoms. The molecule has 3 amide bonds. The average molecular weight is 510 g/mol. The minimum atomic E-state index is -4.64. The molecule has 1 N–H and O–H groups in total. The van der Waals surface area contributed by atoms with E-state index in [-0.39, 0.29) is 27.0 Å². The Morgan fingerprint density at radius 1 is 1.00 bits per heavy atom. The molecule has 4 aliphatic rings. The average Bonchev–Trinajstić information content (AvgIpc) is 3.44. The van der Waals surface area contributed by atoms with Crippen molar-refractivity contribution in [1.82, 2.24) is 4.90 Å². The van der Waals surface area contributed by atoms with Crippen LogP contribution in [0, 0.1) is 11.8 Å². The summed E-state index contributed by atoms with van der Waals surface area (Å²) in [6.07, 6.45) is -3.43. The smallest absolute Gasteiger partial charge is 0.324 e. The number of carbonyl (C=O) groups is 3. The monoisotopic (exact) mass is 509 g/mol. The summed E-state index contributed by atoms with van der Waals surface area (Å²) in [6, 6.07) is 6.89. The molecule has 0 bridgehead atoms. The number of nitrogens with zero attached hydrogens (tertiary/aromatic N) is 2. The van der Waals surface area contributed by atoms with Gasteiger partial charge < -0.3 is 5.32 Å². The molecule has 2 aromatic carbocycles. The summed E-state index contributed by atoms with van der Waals surface area (Å²) >= 11 is 12.2. The normalized spacial score (nSPS) is 30.2. The van der Waals surface area contributed by atoms with Crippen LogP contribution >= 0.6 is 23.2 Å². The lowest BCUT2D eigenvalue weighted by atomic mass is 9.75. The number of hydrogen-bond donors (Lipinski definition) is 1. The maximum absolute atomic E-state index is 13.8. The van der Waals surface area contributed by atoms with E-state index in [1.165, 1.54) is 24.3 Å². The Kier molecular flexibility index (Phi) is 4.48. The summed E-state index contributed by atoms with van der Waals surface area (Å²) in [5.41, 5.74) is -2.15. The van der Waals surface area contributed by atoms with Gasteiger partial charge in [0, 0.05) is 27.3 Å². The van der Waals surface area contributed by atoms with Crippen molar-refractivity contribution < 1.29 is 27.6 Å². The second-order valence-electron chi connectivity index (χ2n) is 9.02. The van der Waals surface area contributed by atoms with Gasteiger partial charge in [-0.2, -0.15) is 13.2 Å². The molecule has 0 radical (unpaired) electrons. The minimum Gasteiger partial charge on any atom is -0.324 e. The lowest BCUT2D eigenvalue weighted by molar-refractivity contribution is -0.138. The maximum atomic E-state index is 13.8. The molecule has 34 heavy (non-hydrogen) atoms. The van der Waals surface area contributed by atoms with E-state index in [9.17, 15) is 27.6 Å². The summed E-state index contributed by atoms with van der Waals surface area (Å²) in [5, 5.41) is 3.11. The number of benzene rings is 2. The van der Waals surface area contributed by atoms with Crippen LogP contribution in [-0.4, -0.2) is 35.2 Å². The second-order valence-corrected chi connectivity index (χ2v) is 9.90. The van der Waals surface area contributed by atoms with Gasteiger partial charge in [0.25, 0.3) is 0 Å². The molecule has 11 heteroatoms. The standard InChI is InChI=1S/C23H16Cl2F3N3O3/c24-11-7-12(25)9-13(8-11)31-19(32)17-16-2-1-5-30(16)22(18(17)20(31)33)14-6-10(23(26,27)28)3-4-15(14)29-21(22)34/h3-4,6-9,16-18H,1-2,5H2,(H,29,34). The van der Waals surface area contributed by atoms with Gasteiger partial charge in [0.2, 0.25) is 17.7 Å². The summed E-state index contributed by atoms with van der Waals surface area (Å²) in [7, 11) is 0. The van der Waals surface area contributed by atoms with E-state index in [1.807, 2.05) is 0 Å². The quantitative estimate of drug-likeness (QED) is 0.577. The number of hydrogen-bond acceptors (Lipinski definition) is 4. The molecule has 4 aliphatic heterocycles. The Bertz CT molecular complexity index is 1280. The van der Waals surface area contributed by atoms with Crippen molar-refractivity contribution in [3.05, 3.63) is 57.6 Å². The number of amides is 3. The van der Waals surface area contributed by atoms with Crippen molar-refractivity contribution in [2.45, 2.75) is 30.6 Å². The summed E-state index contributed by atoms with van der Waals surface area (Å²) in [6.45, 7) is 0.393. The fraction of sp³-hybridized carbons (Fsp3) is 0.348. The first kappa shape index (κ1) is 21.9. The van der Waals surface area contributed by atoms with Crippen LogP contribution in [0.15, 0.2) is 36.4 Å². The fourth-order valence-electron chi connectivity index (χ4n) is 6.30. The van der Waals surface area contributed by atoms with Crippen molar-refractivity contribution in [1.29, 1.82) is 0 Å². The van der Waals surface area contributed by atoms with Gasteiger partial charge in [0.05, 0.1) is 23.1 Å². The van der Waals surface area contributed by atoms with Gasteiger partial charge in [-0.05, 0) is 55.8 Å². The van der Waals surface area contributed by atoms with Crippen LogP contribution in [0.2, 0.25) is 10.0 Å². The highest BCUT2D eigenvalue weighted by molar-refractivity contribution is 6.36. The van der Waals surface area contributed by atoms with Gasteiger partial charge in [-0.3, -0.25) is 19.3 Å². The molecule has 4 atom stereocenters. The van der Waals surface area contributed by atoms with E-state index in [0.717, 1.165) is 17.0 Å². The predicted molar refractivity (Wildman–Crippen MR) is 117 cm³/mol. The largest absolute Gasteiger partial charge is 0.416 e. The molecular weight excluding hydrogens is 494 g/mol. The van der Waals surface area contributed by atoms with Crippen molar-refractivity contribution in [3.8, 4) is 0 Å². The zero-order chi connectivity index (χ0) is 24.2. The van der Waals surface area contributed by atoms with E-state index in [0.29, 0.717) is 19.4 Å². The Hall–Kier alpha value is -2.62. The zero-order valence-electron chi connectivity index (χ0n) is 17.3. The van der Waals surface area contributed by atoms with Crippen LogP contribution in [-0.2, 0) is 26.1 Å².